The molecule has 5 atom stereocenters. The summed E-state index contributed by atoms with van der Waals surface area (Å²) < 4.78 is 18.0. The minimum atomic E-state index is -1.82. The highest BCUT2D eigenvalue weighted by Crippen LogP contribution is 2.41. The fourth-order valence-corrected chi connectivity index (χ4v) is 9.02. The number of piperazine rings is 1. The number of aldehydes is 1. The largest absolute Gasteiger partial charge is 0.614 e. The van der Waals surface area contributed by atoms with Crippen molar-refractivity contribution in [2.75, 3.05) is 44.2 Å². The number of nitrogens with two attached hydrogens (primary N) is 1. The summed E-state index contributed by atoms with van der Waals surface area (Å²) in [5.74, 6) is -5.04. The molecule has 6 N–H and O–H groups in total. The van der Waals surface area contributed by atoms with Crippen molar-refractivity contribution >= 4 is 75.1 Å². The highest BCUT2D eigenvalue weighted by molar-refractivity contribution is 7.92. The van der Waals surface area contributed by atoms with Crippen LogP contribution in [-0.2, 0) is 35.2 Å². The summed E-state index contributed by atoms with van der Waals surface area (Å²) in [4.78, 5) is 75.8. The van der Waals surface area contributed by atoms with E-state index >= 15 is 0 Å². The molecule has 2 aromatic rings. The van der Waals surface area contributed by atoms with E-state index in [1.165, 1.54) is 26.0 Å². The van der Waals surface area contributed by atoms with Gasteiger partial charge in [-0.15, -0.1) is 0 Å². The molecule has 0 radical (unpaired) electrons. The Morgan fingerprint density at radius 1 is 1.32 bits per heavy atom. The first-order valence-electron chi connectivity index (χ1n) is 15.2. The van der Waals surface area contributed by atoms with Crippen LogP contribution in [0.25, 0.3) is 0 Å². The third-order valence-corrected chi connectivity index (χ3v) is 11.7. The van der Waals surface area contributed by atoms with Crippen molar-refractivity contribution < 1.29 is 53.2 Å². The number of hydrogen-bond acceptors (Lipinski definition) is 14. The number of carboxylic acid groups (broad SMARTS) is 1. The predicted octanol–water partition coefficient (Wildman–Crippen LogP) is -0.618. The second-order valence-electron chi connectivity index (χ2n) is 12.9. The quantitative estimate of drug-likeness (QED) is 0.0386. The van der Waals surface area contributed by atoms with Gasteiger partial charge in [-0.3, -0.25) is 24.1 Å². The number of carboxylic acids is 1. The predicted molar refractivity (Wildman–Crippen MR) is 176 cm³/mol. The second-order valence-corrected chi connectivity index (χ2v) is 15.6. The highest BCUT2D eigenvalue weighted by atomic mass is 35.5. The number of nitrogens with zero attached hydrogens (tertiary/aromatic N) is 6. The van der Waals surface area contributed by atoms with Crippen molar-refractivity contribution in [3.63, 3.8) is 0 Å². The number of anilines is 1. The van der Waals surface area contributed by atoms with E-state index in [9.17, 15) is 43.8 Å². The maximum atomic E-state index is 13.6. The summed E-state index contributed by atoms with van der Waals surface area (Å²) in [6, 6.07) is 0.917. The van der Waals surface area contributed by atoms with Gasteiger partial charge in [0.05, 0.1) is 48.4 Å². The monoisotopic (exact) mass is 751 g/mol. The molecule has 0 spiro atoms. The fraction of sp³-hybridized carbons (Fsp3) is 0.448. The fourth-order valence-electron chi connectivity index (χ4n) is 6.67. The van der Waals surface area contributed by atoms with Gasteiger partial charge in [0.1, 0.15) is 18.0 Å². The number of oxime groups is 1. The third kappa shape index (κ3) is 6.21. The van der Waals surface area contributed by atoms with Gasteiger partial charge in [-0.05, 0) is 37.2 Å². The molecule has 3 amide bonds. The molecule has 50 heavy (non-hydrogen) atoms. The number of rotatable bonds is 10. The Labute approximate surface area is 296 Å². The zero-order chi connectivity index (χ0) is 36.3. The molecule has 1 aromatic heterocycles. The zero-order valence-corrected chi connectivity index (χ0v) is 29.0. The van der Waals surface area contributed by atoms with Gasteiger partial charge in [0.2, 0.25) is 16.9 Å². The van der Waals surface area contributed by atoms with Gasteiger partial charge in [0, 0.05) is 18.0 Å². The van der Waals surface area contributed by atoms with E-state index in [1.807, 2.05) is 0 Å². The van der Waals surface area contributed by atoms with E-state index in [2.05, 4.69) is 19.8 Å². The van der Waals surface area contributed by atoms with Crippen LogP contribution in [0.4, 0.5) is 5.13 Å². The molecule has 5 heterocycles. The van der Waals surface area contributed by atoms with E-state index in [4.69, 9.17) is 22.2 Å². The van der Waals surface area contributed by atoms with Crippen LogP contribution in [0.1, 0.15) is 36.5 Å². The van der Waals surface area contributed by atoms with E-state index in [0.29, 0.717) is 42.4 Å². The Morgan fingerprint density at radius 2 is 2.06 bits per heavy atom. The molecular formula is C29H32ClN8O10S2+. The molecule has 1 aromatic carbocycles. The van der Waals surface area contributed by atoms with Crippen LogP contribution in [0.3, 0.4) is 0 Å². The van der Waals surface area contributed by atoms with Crippen LogP contribution in [0.2, 0.25) is 5.02 Å². The number of halogens is 1. The maximum Gasteiger partial charge on any atom is 0.353 e. The summed E-state index contributed by atoms with van der Waals surface area (Å²) in [5.41, 5.74) is 3.78. The second kappa shape index (κ2) is 13.0. The number of benzene rings is 1. The lowest BCUT2D eigenvalue weighted by Crippen LogP contribution is -2.75. The minimum absolute atomic E-state index is 0.00365. The molecule has 1 unspecified atom stereocenters. The number of quaternary nitrogens is 1. The van der Waals surface area contributed by atoms with Gasteiger partial charge >= 0.3 is 5.97 Å². The number of hydrogen-bond donors (Lipinski definition) is 5. The number of carbonyl (C=O) groups is 5. The normalized spacial score (nSPS) is 26.3. The third-order valence-electron chi connectivity index (χ3n) is 9.12. The highest BCUT2D eigenvalue weighted by Gasteiger charge is 2.62. The number of aromatic hydroxyl groups is 2. The van der Waals surface area contributed by atoms with Crippen molar-refractivity contribution in [2.45, 2.75) is 43.3 Å². The number of phenols is 2. The van der Waals surface area contributed by atoms with Gasteiger partial charge in [0.15, 0.2) is 34.6 Å². The first-order chi connectivity index (χ1) is 23.6. The van der Waals surface area contributed by atoms with Crippen molar-refractivity contribution in [1.82, 2.24) is 24.5 Å². The summed E-state index contributed by atoms with van der Waals surface area (Å²) in [6.07, 6.45) is 1.04. The average Bonchev–Trinajstić information content (AvgIpc) is 3.64. The lowest BCUT2D eigenvalue weighted by molar-refractivity contribution is -0.916. The van der Waals surface area contributed by atoms with Gasteiger partial charge in [-0.2, -0.15) is 9.36 Å². The van der Waals surface area contributed by atoms with Crippen molar-refractivity contribution in [2.24, 2.45) is 5.16 Å². The Balaban J connectivity index is 1.19. The molecule has 4 aliphatic rings. The van der Waals surface area contributed by atoms with E-state index in [0.717, 1.165) is 16.4 Å². The number of β-lactam (4-membered cyclic amide) rings is 1. The van der Waals surface area contributed by atoms with Crippen LogP contribution in [0.15, 0.2) is 28.6 Å². The Morgan fingerprint density at radius 3 is 2.72 bits per heavy atom. The molecule has 2 bridgehead atoms. The molecule has 21 heteroatoms. The molecule has 0 saturated carbocycles. The smallest absolute Gasteiger partial charge is 0.353 e. The molecule has 4 aliphatic heterocycles. The maximum absolute atomic E-state index is 13.6. The SMILES string of the molecule is CC(C)(C=O)O/N=C(\C(=O)N[C@@H]1C(=O)N2C(C(=O)O)=C(C[N@@+]34CC[C@@H](C3)N(C(=O)c3ccc(O)c(O)c3Cl)CC4)C[S+]([O-])[C@H]12)c1nsc(N)n1. The van der Waals surface area contributed by atoms with Crippen LogP contribution in [0, 0.1) is 0 Å². The molecule has 266 valence electrons. The number of amides is 3. The van der Waals surface area contributed by atoms with E-state index in [1.54, 1.807) is 4.90 Å². The van der Waals surface area contributed by atoms with Crippen molar-refractivity contribution in [3.8, 4) is 11.5 Å². The van der Waals surface area contributed by atoms with Crippen LogP contribution in [-0.4, -0.2) is 141 Å². The topological polar surface area (TPSA) is 261 Å². The summed E-state index contributed by atoms with van der Waals surface area (Å²) in [5, 5.41) is 34.8. The Bertz CT molecular complexity index is 1870. The Kier molecular flexibility index (Phi) is 9.18. The van der Waals surface area contributed by atoms with E-state index in [-0.39, 0.29) is 52.1 Å². The van der Waals surface area contributed by atoms with Crippen molar-refractivity contribution in [1.29, 1.82) is 0 Å². The number of aromatic nitrogens is 2. The number of carbonyl (C=O) groups excluding carboxylic acids is 4. The van der Waals surface area contributed by atoms with Crippen LogP contribution >= 0.6 is 23.1 Å². The van der Waals surface area contributed by atoms with Crippen LogP contribution in [0.5, 0.6) is 11.5 Å². The van der Waals surface area contributed by atoms with Gasteiger partial charge < -0.3 is 45.1 Å². The summed E-state index contributed by atoms with van der Waals surface area (Å²) in [6.45, 7) is 4.74. The summed E-state index contributed by atoms with van der Waals surface area (Å²) in [7, 11) is 0. The number of aliphatic carboxylic acids is 1. The number of phenolic OH excluding ortho intramolecular Hbond substituents is 2. The minimum Gasteiger partial charge on any atom is -0.614 e. The summed E-state index contributed by atoms with van der Waals surface area (Å²) >= 11 is 5.09. The first kappa shape index (κ1) is 35.3. The molecule has 3 fully saturated rings. The van der Waals surface area contributed by atoms with E-state index < -0.39 is 69.1 Å². The zero-order valence-electron chi connectivity index (χ0n) is 26.6. The molecule has 6 rings (SSSR count). The average molecular weight is 752 g/mol. The Hall–Kier alpha value is -4.50. The van der Waals surface area contributed by atoms with Crippen molar-refractivity contribution in [3.05, 3.63) is 39.8 Å². The molecular weight excluding hydrogens is 720 g/mol. The number of nitrogens with one attached hydrogen (secondary N) is 1. The molecule has 3 saturated heterocycles. The molecule has 0 aliphatic carbocycles. The molecule has 18 nitrogen and oxygen atoms in total. The van der Waals surface area contributed by atoms with Gasteiger partial charge in [0.25, 0.3) is 17.7 Å². The lowest BCUT2D eigenvalue weighted by Gasteiger charge is -2.50. The lowest BCUT2D eigenvalue weighted by atomic mass is 10.0. The van der Waals surface area contributed by atoms with Gasteiger partial charge in [-0.25, -0.2) is 4.79 Å². The first-order valence-corrected chi connectivity index (χ1v) is 17.7. The number of nitrogen functional groups attached to an aromatic ring is 1. The number of fused-ring (bicyclic) bond motifs is 3. The van der Waals surface area contributed by atoms with Gasteiger partial charge in [-0.1, -0.05) is 16.8 Å². The van der Waals surface area contributed by atoms with Crippen LogP contribution < -0.4 is 11.1 Å². The standard InChI is InChI=1S/C29H31ClN8O10S2/c1-29(2,12-39)48-34-18(22-33-28(31)49-35-22)23(42)32-19-25(44)37-20(27(45)46)13(11-50(47)26(19)37)9-38-7-5-14(10-38)36(6-8-38)24(43)15-3-4-16(40)21(41)17(15)30/h3-4,12,14,19,26H,5-11H2,1-2H3,(H5-,31,32,33,34,35,40,41,42,43,45,46)/p+1/t14-,19+,26+,38-,50?/m0/s1.